The molecule has 2 aliphatic rings. The highest BCUT2D eigenvalue weighted by Crippen LogP contribution is 2.46. The van der Waals surface area contributed by atoms with E-state index in [0.717, 1.165) is 54.5 Å². The second-order valence-corrected chi connectivity index (χ2v) is 8.73. The molecule has 0 bridgehead atoms. The topological polar surface area (TPSA) is 55.4 Å². The van der Waals surface area contributed by atoms with E-state index < -0.39 is 23.1 Å². The van der Waals surface area contributed by atoms with Crippen LogP contribution >= 0.6 is 0 Å². The van der Waals surface area contributed by atoms with Gasteiger partial charge in [-0.15, -0.1) is 0 Å². The van der Waals surface area contributed by atoms with Gasteiger partial charge in [0.1, 0.15) is 28.5 Å². The Morgan fingerprint density at radius 1 is 1.03 bits per heavy atom. The molecule has 1 fully saturated rings. The first-order chi connectivity index (χ1) is 15.9. The van der Waals surface area contributed by atoms with Gasteiger partial charge in [-0.3, -0.25) is 9.59 Å². The molecule has 0 saturated heterocycles. The van der Waals surface area contributed by atoms with Gasteiger partial charge in [-0.2, -0.15) is 0 Å². The normalized spacial score (nSPS) is 16.0. The number of hydrogen-bond acceptors (Lipinski definition) is 3. The highest BCUT2D eigenvalue weighted by atomic mass is 19.1. The van der Waals surface area contributed by atoms with Crippen molar-refractivity contribution in [2.45, 2.75) is 44.6 Å². The zero-order chi connectivity index (χ0) is 23.2. The van der Waals surface area contributed by atoms with Crippen molar-refractivity contribution < 1.29 is 23.1 Å². The molecule has 168 valence electrons. The maximum absolute atomic E-state index is 13.9. The van der Waals surface area contributed by atoms with Gasteiger partial charge in [-0.05, 0) is 78.8 Å². The van der Waals surface area contributed by atoms with Gasteiger partial charge in [0, 0.05) is 5.69 Å². The summed E-state index contributed by atoms with van der Waals surface area (Å²) in [5.74, 6) is -1.91. The number of ketones is 1. The Bertz CT molecular complexity index is 1240. The molecule has 33 heavy (non-hydrogen) atoms. The molecule has 0 aromatic heterocycles. The van der Waals surface area contributed by atoms with Crippen LogP contribution in [0.25, 0.3) is 11.1 Å². The lowest BCUT2D eigenvalue weighted by Gasteiger charge is -2.44. The summed E-state index contributed by atoms with van der Waals surface area (Å²) in [6, 6.07) is 14.2. The fourth-order valence-electron chi connectivity index (χ4n) is 4.64. The molecule has 0 radical (unpaired) electrons. The Balaban J connectivity index is 1.43. The number of carbonyl (C=O) groups is 2. The van der Waals surface area contributed by atoms with Crippen molar-refractivity contribution in [2.24, 2.45) is 0 Å². The molecule has 1 spiro atoms. The molecule has 1 N–H and O–H groups in total. The third kappa shape index (κ3) is 3.80. The SMILES string of the molecule is CCc1cc2c(cc1-c1ccc(NC(=O)c3c(F)cccc3F)cc1)OC1(CCC1)CC2=O. The standard InChI is InChI=1S/C27H23F2NO3/c1-2-16-13-20-23(31)15-27(11-4-12-27)33-24(20)14-19(16)17-7-9-18(10-8-17)30-26(32)25-21(28)5-3-6-22(25)29/h3,5-10,13-14H,2,4,11-12,15H2,1H3,(H,30,32). The number of benzene rings is 3. The summed E-state index contributed by atoms with van der Waals surface area (Å²) in [6.45, 7) is 2.03. The molecule has 1 aliphatic heterocycles. The molecule has 1 heterocycles. The van der Waals surface area contributed by atoms with Gasteiger partial charge >= 0.3 is 0 Å². The predicted molar refractivity (Wildman–Crippen MR) is 122 cm³/mol. The van der Waals surface area contributed by atoms with E-state index >= 15 is 0 Å². The molecule has 6 heteroatoms. The van der Waals surface area contributed by atoms with Crippen LogP contribution in [0.15, 0.2) is 54.6 Å². The molecule has 3 aromatic rings. The van der Waals surface area contributed by atoms with Crippen LogP contribution in [0.3, 0.4) is 0 Å². The molecule has 0 atom stereocenters. The van der Waals surface area contributed by atoms with Crippen molar-refractivity contribution in [3.63, 3.8) is 0 Å². The number of anilines is 1. The van der Waals surface area contributed by atoms with E-state index in [2.05, 4.69) is 5.32 Å². The summed E-state index contributed by atoms with van der Waals surface area (Å²) in [4.78, 5) is 25.1. The minimum atomic E-state index is -0.912. The van der Waals surface area contributed by atoms with Crippen molar-refractivity contribution in [3.05, 3.63) is 82.9 Å². The average molecular weight is 447 g/mol. The van der Waals surface area contributed by atoms with Gasteiger partial charge in [0.25, 0.3) is 5.91 Å². The Morgan fingerprint density at radius 3 is 2.33 bits per heavy atom. The minimum Gasteiger partial charge on any atom is -0.486 e. The number of Topliss-reactive ketones (excluding diaryl/α,β-unsaturated/α-hetero) is 1. The highest BCUT2D eigenvalue weighted by Gasteiger charge is 2.45. The van der Waals surface area contributed by atoms with E-state index in [0.29, 0.717) is 23.4 Å². The zero-order valence-corrected chi connectivity index (χ0v) is 18.2. The van der Waals surface area contributed by atoms with Gasteiger partial charge in [0.05, 0.1) is 12.0 Å². The van der Waals surface area contributed by atoms with Crippen LogP contribution in [0.5, 0.6) is 5.75 Å². The van der Waals surface area contributed by atoms with E-state index in [1.807, 2.05) is 31.2 Å². The number of nitrogens with one attached hydrogen (secondary N) is 1. The highest BCUT2D eigenvalue weighted by molar-refractivity contribution is 6.05. The third-order valence-corrected chi connectivity index (χ3v) is 6.60. The predicted octanol–water partition coefficient (Wildman–Crippen LogP) is 6.33. The van der Waals surface area contributed by atoms with Crippen LogP contribution in [-0.2, 0) is 6.42 Å². The largest absolute Gasteiger partial charge is 0.486 e. The first-order valence-electron chi connectivity index (χ1n) is 11.1. The van der Waals surface area contributed by atoms with E-state index in [9.17, 15) is 18.4 Å². The summed E-state index contributed by atoms with van der Waals surface area (Å²) in [5.41, 5.74) is 2.99. The molecule has 5 rings (SSSR count). The average Bonchev–Trinajstić information content (AvgIpc) is 2.77. The number of fused-ring (bicyclic) bond motifs is 1. The number of ether oxygens (including phenoxy) is 1. The lowest BCUT2D eigenvalue weighted by molar-refractivity contribution is -0.0177. The Hall–Kier alpha value is -3.54. The number of amides is 1. The van der Waals surface area contributed by atoms with Crippen LogP contribution in [-0.4, -0.2) is 17.3 Å². The fourth-order valence-corrected chi connectivity index (χ4v) is 4.64. The molecular weight excluding hydrogens is 424 g/mol. The first-order valence-corrected chi connectivity index (χ1v) is 11.1. The molecule has 3 aromatic carbocycles. The molecule has 4 nitrogen and oxygen atoms in total. The van der Waals surface area contributed by atoms with Gasteiger partial charge in [-0.1, -0.05) is 25.1 Å². The molecule has 1 aliphatic carbocycles. The Kier molecular flexibility index (Phi) is 5.23. The number of aryl methyl sites for hydroxylation is 1. The van der Waals surface area contributed by atoms with E-state index in [-0.39, 0.29) is 11.4 Å². The van der Waals surface area contributed by atoms with Crippen molar-refractivity contribution >= 4 is 17.4 Å². The molecule has 1 saturated carbocycles. The number of halogens is 2. The van der Waals surface area contributed by atoms with Crippen molar-refractivity contribution in [1.82, 2.24) is 0 Å². The zero-order valence-electron chi connectivity index (χ0n) is 18.2. The van der Waals surface area contributed by atoms with Crippen LogP contribution < -0.4 is 10.1 Å². The van der Waals surface area contributed by atoms with E-state index in [4.69, 9.17) is 4.74 Å². The van der Waals surface area contributed by atoms with Crippen LogP contribution in [0, 0.1) is 11.6 Å². The van der Waals surface area contributed by atoms with Crippen LogP contribution in [0.4, 0.5) is 14.5 Å². The van der Waals surface area contributed by atoms with Crippen molar-refractivity contribution in [2.75, 3.05) is 5.32 Å². The number of carbonyl (C=O) groups excluding carboxylic acids is 2. The summed E-state index contributed by atoms with van der Waals surface area (Å²) in [6.07, 6.45) is 4.07. The van der Waals surface area contributed by atoms with E-state index in [1.165, 1.54) is 6.07 Å². The maximum atomic E-state index is 13.9. The van der Waals surface area contributed by atoms with Crippen molar-refractivity contribution in [3.8, 4) is 16.9 Å². The maximum Gasteiger partial charge on any atom is 0.261 e. The Morgan fingerprint density at radius 2 is 1.73 bits per heavy atom. The lowest BCUT2D eigenvalue weighted by atomic mass is 9.74. The van der Waals surface area contributed by atoms with Crippen molar-refractivity contribution in [1.29, 1.82) is 0 Å². The fraction of sp³-hybridized carbons (Fsp3) is 0.259. The molecule has 1 amide bonds. The minimum absolute atomic E-state index is 0.135. The smallest absolute Gasteiger partial charge is 0.261 e. The van der Waals surface area contributed by atoms with Gasteiger partial charge in [0.2, 0.25) is 0 Å². The van der Waals surface area contributed by atoms with Gasteiger partial charge in [0.15, 0.2) is 5.78 Å². The third-order valence-electron chi connectivity index (χ3n) is 6.60. The summed E-state index contributed by atoms with van der Waals surface area (Å²) < 4.78 is 34.1. The summed E-state index contributed by atoms with van der Waals surface area (Å²) >= 11 is 0. The Labute approximate surface area is 190 Å². The van der Waals surface area contributed by atoms with Crippen LogP contribution in [0.1, 0.15) is 58.9 Å². The van der Waals surface area contributed by atoms with Gasteiger partial charge < -0.3 is 10.1 Å². The summed E-state index contributed by atoms with van der Waals surface area (Å²) in [5, 5.41) is 2.54. The second-order valence-electron chi connectivity index (χ2n) is 8.73. The monoisotopic (exact) mass is 447 g/mol. The van der Waals surface area contributed by atoms with E-state index in [1.54, 1.807) is 12.1 Å². The second kappa shape index (κ2) is 8.10. The van der Waals surface area contributed by atoms with Gasteiger partial charge in [-0.25, -0.2) is 8.78 Å². The lowest BCUT2D eigenvalue weighted by Crippen LogP contribution is -2.47. The molecule has 0 unspecified atom stereocenters. The quantitative estimate of drug-likeness (QED) is 0.508. The summed E-state index contributed by atoms with van der Waals surface area (Å²) in [7, 11) is 0. The first kappa shape index (κ1) is 21.3. The van der Waals surface area contributed by atoms with Crippen LogP contribution in [0.2, 0.25) is 0 Å². The molecular formula is C27H23F2NO3. The number of hydrogen-bond donors (Lipinski definition) is 1. The number of rotatable bonds is 4.